The fourth-order valence-corrected chi connectivity index (χ4v) is 1.39. The van der Waals surface area contributed by atoms with Crippen LogP contribution < -0.4 is 11.1 Å². The van der Waals surface area contributed by atoms with E-state index in [0.29, 0.717) is 11.4 Å². The molecule has 1 aromatic rings. The van der Waals surface area contributed by atoms with Gasteiger partial charge in [-0.3, -0.25) is 4.79 Å². The van der Waals surface area contributed by atoms with Crippen molar-refractivity contribution < 1.29 is 9.53 Å². The summed E-state index contributed by atoms with van der Waals surface area (Å²) in [5.74, 6) is -0.232. The van der Waals surface area contributed by atoms with Crippen LogP contribution in [0.5, 0.6) is 0 Å². The zero-order valence-corrected chi connectivity index (χ0v) is 11.1. The number of anilines is 2. The second-order valence-corrected chi connectivity index (χ2v) is 4.82. The van der Waals surface area contributed by atoms with Crippen LogP contribution in [0.1, 0.15) is 13.8 Å². The van der Waals surface area contributed by atoms with E-state index in [9.17, 15) is 4.79 Å². The van der Waals surface area contributed by atoms with E-state index in [2.05, 4.69) is 21.2 Å². The molecule has 16 heavy (non-hydrogen) atoms. The maximum absolute atomic E-state index is 11.8. The van der Waals surface area contributed by atoms with Crippen molar-refractivity contribution in [3.63, 3.8) is 0 Å². The number of benzene rings is 1. The van der Waals surface area contributed by atoms with Gasteiger partial charge in [-0.15, -0.1) is 0 Å². The van der Waals surface area contributed by atoms with Crippen molar-refractivity contribution in [1.29, 1.82) is 0 Å². The largest absolute Gasteiger partial charge is 0.397 e. The summed E-state index contributed by atoms with van der Waals surface area (Å²) in [6.07, 6.45) is 0. The minimum atomic E-state index is -0.875. The highest BCUT2D eigenvalue weighted by Crippen LogP contribution is 2.24. The van der Waals surface area contributed by atoms with Gasteiger partial charge in [0.15, 0.2) is 0 Å². The fraction of sp³-hybridized carbons (Fsp3) is 0.364. The number of nitrogens with one attached hydrogen (secondary N) is 1. The molecular weight excluding hydrogens is 272 g/mol. The highest BCUT2D eigenvalue weighted by molar-refractivity contribution is 9.10. The van der Waals surface area contributed by atoms with E-state index in [-0.39, 0.29) is 5.91 Å². The number of amides is 1. The van der Waals surface area contributed by atoms with Gasteiger partial charge in [0.25, 0.3) is 5.91 Å². The topological polar surface area (TPSA) is 64.3 Å². The molecule has 0 aliphatic rings. The number of nitrogens with two attached hydrogens (primary N) is 1. The number of methoxy groups -OCH3 is 1. The van der Waals surface area contributed by atoms with Crippen LogP contribution in [0, 0.1) is 0 Å². The van der Waals surface area contributed by atoms with E-state index >= 15 is 0 Å². The number of carbonyl (C=O) groups excluding carboxylic acids is 1. The van der Waals surface area contributed by atoms with Gasteiger partial charge >= 0.3 is 0 Å². The molecule has 0 fully saturated rings. The molecule has 0 aliphatic heterocycles. The molecule has 0 aliphatic carbocycles. The van der Waals surface area contributed by atoms with Gasteiger partial charge in [0.1, 0.15) is 5.60 Å². The van der Waals surface area contributed by atoms with Gasteiger partial charge in [-0.1, -0.05) is 15.9 Å². The first kappa shape index (κ1) is 13.0. The Bertz CT molecular complexity index is 405. The normalized spacial score (nSPS) is 11.2. The van der Waals surface area contributed by atoms with Crippen LogP contribution >= 0.6 is 15.9 Å². The summed E-state index contributed by atoms with van der Waals surface area (Å²) < 4.78 is 5.94. The Morgan fingerprint density at radius 3 is 2.62 bits per heavy atom. The molecule has 88 valence electrons. The van der Waals surface area contributed by atoms with Crippen molar-refractivity contribution in [1.82, 2.24) is 0 Å². The summed E-state index contributed by atoms with van der Waals surface area (Å²) in [5.41, 5.74) is 5.98. The average Bonchev–Trinajstić information content (AvgIpc) is 2.22. The van der Waals surface area contributed by atoms with E-state index in [0.717, 1.165) is 4.47 Å². The third-order valence-electron chi connectivity index (χ3n) is 2.32. The Hall–Kier alpha value is -1.07. The maximum atomic E-state index is 11.8. The summed E-state index contributed by atoms with van der Waals surface area (Å²) in [4.78, 5) is 11.8. The molecule has 5 heteroatoms. The zero-order chi connectivity index (χ0) is 12.3. The third-order valence-corrected chi connectivity index (χ3v) is 2.81. The Morgan fingerprint density at radius 1 is 1.50 bits per heavy atom. The molecule has 1 rings (SSSR count). The molecule has 0 unspecified atom stereocenters. The monoisotopic (exact) mass is 286 g/mol. The van der Waals surface area contributed by atoms with Crippen molar-refractivity contribution >= 4 is 33.2 Å². The number of halogens is 1. The minimum absolute atomic E-state index is 0.232. The predicted molar refractivity (Wildman–Crippen MR) is 68.3 cm³/mol. The first-order valence-corrected chi connectivity index (χ1v) is 5.58. The minimum Gasteiger partial charge on any atom is -0.397 e. The van der Waals surface area contributed by atoms with Crippen molar-refractivity contribution in [3.8, 4) is 0 Å². The predicted octanol–water partition coefficient (Wildman–Crippen LogP) is 2.39. The average molecular weight is 287 g/mol. The van der Waals surface area contributed by atoms with Crippen LogP contribution in [0.4, 0.5) is 11.4 Å². The summed E-state index contributed by atoms with van der Waals surface area (Å²) in [7, 11) is 1.49. The Balaban J connectivity index is 2.85. The van der Waals surface area contributed by atoms with Gasteiger partial charge in [-0.25, -0.2) is 0 Å². The number of rotatable bonds is 3. The summed E-state index contributed by atoms with van der Waals surface area (Å²) in [5, 5.41) is 2.72. The van der Waals surface area contributed by atoms with Gasteiger partial charge in [-0.05, 0) is 32.0 Å². The van der Waals surface area contributed by atoms with E-state index in [1.165, 1.54) is 7.11 Å². The molecule has 0 radical (unpaired) electrons. The molecule has 0 aromatic heterocycles. The number of nitrogen functional groups attached to an aromatic ring is 1. The SMILES string of the molecule is COC(C)(C)C(=O)Nc1ccc(Br)cc1N. The first-order chi connectivity index (χ1) is 7.36. The van der Waals surface area contributed by atoms with Crippen LogP contribution in [0.15, 0.2) is 22.7 Å². The smallest absolute Gasteiger partial charge is 0.256 e. The maximum Gasteiger partial charge on any atom is 0.256 e. The Kier molecular flexibility index (Phi) is 3.93. The van der Waals surface area contributed by atoms with Crippen LogP contribution in [0.3, 0.4) is 0 Å². The molecular formula is C11H15BrN2O2. The van der Waals surface area contributed by atoms with Crippen LogP contribution in [0.2, 0.25) is 0 Å². The highest BCUT2D eigenvalue weighted by Gasteiger charge is 2.27. The van der Waals surface area contributed by atoms with Crippen molar-refractivity contribution in [2.45, 2.75) is 19.4 Å². The summed E-state index contributed by atoms with van der Waals surface area (Å²) >= 11 is 3.30. The molecule has 3 N–H and O–H groups in total. The second-order valence-electron chi connectivity index (χ2n) is 3.90. The lowest BCUT2D eigenvalue weighted by atomic mass is 10.1. The van der Waals surface area contributed by atoms with Crippen LogP contribution in [0.25, 0.3) is 0 Å². The quantitative estimate of drug-likeness (QED) is 0.839. The lowest BCUT2D eigenvalue weighted by Crippen LogP contribution is -2.38. The molecule has 0 saturated heterocycles. The first-order valence-electron chi connectivity index (χ1n) is 4.78. The van der Waals surface area contributed by atoms with E-state index < -0.39 is 5.60 Å². The van der Waals surface area contributed by atoms with Crippen molar-refractivity contribution in [3.05, 3.63) is 22.7 Å². The van der Waals surface area contributed by atoms with E-state index in [1.807, 2.05) is 6.07 Å². The number of ether oxygens (including phenoxy) is 1. The van der Waals surface area contributed by atoms with Gasteiger partial charge in [0, 0.05) is 11.6 Å². The third kappa shape index (κ3) is 2.96. The highest BCUT2D eigenvalue weighted by atomic mass is 79.9. The molecule has 0 heterocycles. The Labute approximate surface area is 103 Å². The van der Waals surface area contributed by atoms with Crippen molar-refractivity contribution in [2.75, 3.05) is 18.2 Å². The molecule has 0 spiro atoms. The van der Waals surface area contributed by atoms with Gasteiger partial charge in [0.05, 0.1) is 11.4 Å². The van der Waals surface area contributed by atoms with E-state index in [4.69, 9.17) is 10.5 Å². The number of hydrogen-bond acceptors (Lipinski definition) is 3. The molecule has 4 nitrogen and oxygen atoms in total. The Morgan fingerprint density at radius 2 is 2.12 bits per heavy atom. The zero-order valence-electron chi connectivity index (χ0n) is 9.50. The molecule has 1 amide bonds. The van der Waals surface area contributed by atoms with Gasteiger partial charge in [0.2, 0.25) is 0 Å². The van der Waals surface area contributed by atoms with E-state index in [1.54, 1.807) is 26.0 Å². The van der Waals surface area contributed by atoms with Crippen molar-refractivity contribution in [2.24, 2.45) is 0 Å². The standard InChI is InChI=1S/C11H15BrN2O2/c1-11(2,16-3)10(15)14-9-5-4-7(12)6-8(9)13/h4-6H,13H2,1-3H3,(H,14,15). The summed E-state index contributed by atoms with van der Waals surface area (Å²) in [6.45, 7) is 3.38. The molecule has 0 saturated carbocycles. The lowest BCUT2D eigenvalue weighted by molar-refractivity contribution is -0.133. The number of hydrogen-bond donors (Lipinski definition) is 2. The number of carbonyl (C=O) groups is 1. The molecule has 0 bridgehead atoms. The van der Waals surface area contributed by atoms with Crippen LogP contribution in [-0.2, 0) is 9.53 Å². The van der Waals surface area contributed by atoms with Crippen LogP contribution in [-0.4, -0.2) is 18.6 Å². The fourth-order valence-electron chi connectivity index (χ4n) is 1.01. The molecule has 1 aromatic carbocycles. The van der Waals surface area contributed by atoms with Gasteiger partial charge < -0.3 is 15.8 Å². The van der Waals surface area contributed by atoms with Gasteiger partial charge in [-0.2, -0.15) is 0 Å². The lowest BCUT2D eigenvalue weighted by Gasteiger charge is -2.22. The second kappa shape index (κ2) is 4.84. The molecule has 0 atom stereocenters. The summed E-state index contributed by atoms with van der Waals surface area (Å²) in [6, 6.07) is 5.28.